The normalized spacial score (nSPS) is 16.3. The summed E-state index contributed by atoms with van der Waals surface area (Å²) in [5, 5.41) is 6.96. The van der Waals surface area contributed by atoms with Gasteiger partial charge in [-0.1, -0.05) is 12.1 Å². The number of carbonyl (C=O) groups is 1. The Hall–Kier alpha value is -2.08. The monoisotopic (exact) mass is 387 g/mol. The van der Waals surface area contributed by atoms with E-state index in [1.54, 1.807) is 19.0 Å². The van der Waals surface area contributed by atoms with Crippen LogP contribution in [0.4, 0.5) is 0 Å². The summed E-state index contributed by atoms with van der Waals surface area (Å²) in [4.78, 5) is 21.0. The van der Waals surface area contributed by atoms with Crippen molar-refractivity contribution in [1.82, 2.24) is 20.4 Å². The molecule has 1 heterocycles. The number of amides is 1. The third kappa shape index (κ3) is 6.82. The van der Waals surface area contributed by atoms with Gasteiger partial charge in [0.25, 0.3) is 5.91 Å². The second-order valence-corrected chi connectivity index (χ2v) is 7.96. The van der Waals surface area contributed by atoms with Crippen LogP contribution < -0.4 is 10.6 Å². The Morgan fingerprint density at radius 1 is 1.29 bits per heavy atom. The lowest BCUT2D eigenvalue weighted by Crippen LogP contribution is -2.49. The Morgan fingerprint density at radius 2 is 2.00 bits per heavy atom. The molecule has 1 aliphatic heterocycles. The van der Waals surface area contributed by atoms with Crippen LogP contribution in [0.2, 0.25) is 0 Å². The predicted octanol–water partition coefficient (Wildman–Crippen LogP) is 2.36. The number of aliphatic imine (C=N–C) groups is 1. The molecule has 1 saturated heterocycles. The smallest absolute Gasteiger partial charge is 0.253 e. The summed E-state index contributed by atoms with van der Waals surface area (Å²) in [6.07, 6.45) is 3.12. The molecule has 0 bridgehead atoms. The van der Waals surface area contributed by atoms with E-state index >= 15 is 0 Å². The SMILES string of the molecule is CCNC(=NCCc1cccc(C(=O)N(C)C)c1)NC1CCN(C(C)C)CC1. The number of carbonyl (C=O) groups excluding carboxylic acids is 1. The van der Waals surface area contributed by atoms with Crippen molar-refractivity contribution in [3.8, 4) is 0 Å². The first-order valence-electron chi connectivity index (χ1n) is 10.5. The molecule has 2 N–H and O–H groups in total. The zero-order valence-electron chi connectivity index (χ0n) is 18.2. The molecule has 0 unspecified atom stereocenters. The van der Waals surface area contributed by atoms with E-state index in [0.29, 0.717) is 18.6 Å². The Kier molecular flexibility index (Phi) is 8.77. The molecular formula is C22H37N5O. The van der Waals surface area contributed by atoms with Crippen molar-refractivity contribution in [3.05, 3.63) is 35.4 Å². The molecule has 1 aliphatic rings. The van der Waals surface area contributed by atoms with Crippen molar-refractivity contribution in [1.29, 1.82) is 0 Å². The lowest BCUT2D eigenvalue weighted by Gasteiger charge is -2.35. The lowest BCUT2D eigenvalue weighted by atomic mass is 10.0. The Morgan fingerprint density at radius 3 is 2.61 bits per heavy atom. The molecule has 28 heavy (non-hydrogen) atoms. The molecule has 6 nitrogen and oxygen atoms in total. The summed E-state index contributed by atoms with van der Waals surface area (Å²) in [6.45, 7) is 10.4. The number of hydrogen-bond acceptors (Lipinski definition) is 3. The van der Waals surface area contributed by atoms with E-state index in [-0.39, 0.29) is 5.91 Å². The summed E-state index contributed by atoms with van der Waals surface area (Å²) in [5.74, 6) is 0.930. The number of benzene rings is 1. The molecule has 156 valence electrons. The Balaban J connectivity index is 1.89. The maximum Gasteiger partial charge on any atom is 0.253 e. The van der Waals surface area contributed by atoms with Gasteiger partial charge >= 0.3 is 0 Å². The van der Waals surface area contributed by atoms with E-state index in [1.807, 2.05) is 18.2 Å². The largest absolute Gasteiger partial charge is 0.357 e. The van der Waals surface area contributed by atoms with Crippen LogP contribution in [-0.4, -0.2) is 74.0 Å². The minimum absolute atomic E-state index is 0.0353. The topological polar surface area (TPSA) is 60.0 Å². The van der Waals surface area contributed by atoms with Crippen LogP contribution in [0.25, 0.3) is 0 Å². The molecule has 1 aromatic rings. The molecule has 1 amide bonds. The minimum atomic E-state index is 0.0353. The standard InChI is InChI=1S/C22H37N5O/c1-6-23-22(25-20-11-14-27(15-12-20)17(2)3)24-13-10-18-8-7-9-19(16-18)21(28)26(4)5/h7-9,16-17,20H,6,10-15H2,1-5H3,(H2,23,24,25). The lowest BCUT2D eigenvalue weighted by molar-refractivity contribution is 0.0827. The first-order valence-corrected chi connectivity index (χ1v) is 10.5. The van der Waals surface area contributed by atoms with Gasteiger partial charge in [0.2, 0.25) is 0 Å². The van der Waals surface area contributed by atoms with Crippen molar-refractivity contribution in [2.24, 2.45) is 4.99 Å². The molecule has 6 heteroatoms. The van der Waals surface area contributed by atoms with Gasteiger partial charge in [-0.15, -0.1) is 0 Å². The van der Waals surface area contributed by atoms with E-state index in [0.717, 1.165) is 56.0 Å². The molecule has 1 aromatic carbocycles. The maximum atomic E-state index is 12.1. The van der Waals surface area contributed by atoms with Crippen molar-refractivity contribution < 1.29 is 4.79 Å². The average molecular weight is 388 g/mol. The van der Waals surface area contributed by atoms with E-state index < -0.39 is 0 Å². The average Bonchev–Trinajstić information content (AvgIpc) is 2.68. The van der Waals surface area contributed by atoms with Crippen LogP contribution in [0.15, 0.2) is 29.3 Å². The van der Waals surface area contributed by atoms with Crippen LogP contribution in [0.1, 0.15) is 49.5 Å². The summed E-state index contributed by atoms with van der Waals surface area (Å²) in [7, 11) is 3.55. The van der Waals surface area contributed by atoms with Crippen LogP contribution in [0.3, 0.4) is 0 Å². The third-order valence-electron chi connectivity index (χ3n) is 5.20. The number of likely N-dealkylation sites (tertiary alicyclic amines) is 1. The molecule has 0 atom stereocenters. The first-order chi connectivity index (χ1) is 13.4. The van der Waals surface area contributed by atoms with Crippen LogP contribution in [-0.2, 0) is 6.42 Å². The summed E-state index contributed by atoms with van der Waals surface area (Å²) in [6, 6.07) is 8.95. The van der Waals surface area contributed by atoms with Gasteiger partial charge in [-0.2, -0.15) is 0 Å². The number of nitrogens with one attached hydrogen (secondary N) is 2. The van der Waals surface area contributed by atoms with Crippen molar-refractivity contribution in [3.63, 3.8) is 0 Å². The summed E-state index contributed by atoms with van der Waals surface area (Å²) >= 11 is 0. The third-order valence-corrected chi connectivity index (χ3v) is 5.20. The quantitative estimate of drug-likeness (QED) is 0.557. The highest BCUT2D eigenvalue weighted by atomic mass is 16.2. The fraction of sp³-hybridized carbons (Fsp3) is 0.636. The zero-order chi connectivity index (χ0) is 20.5. The summed E-state index contributed by atoms with van der Waals surface area (Å²) < 4.78 is 0. The second kappa shape index (κ2) is 11.1. The number of hydrogen-bond donors (Lipinski definition) is 2. The molecule has 1 fully saturated rings. The van der Waals surface area contributed by atoms with Crippen LogP contribution in [0.5, 0.6) is 0 Å². The van der Waals surface area contributed by atoms with Gasteiger partial charge in [-0.05, 0) is 57.7 Å². The zero-order valence-corrected chi connectivity index (χ0v) is 18.2. The molecule has 0 aliphatic carbocycles. The predicted molar refractivity (Wildman–Crippen MR) is 117 cm³/mol. The van der Waals surface area contributed by atoms with Gasteiger partial charge in [0, 0.05) is 57.9 Å². The fourth-order valence-electron chi connectivity index (χ4n) is 3.49. The van der Waals surface area contributed by atoms with Crippen molar-refractivity contribution in [2.75, 3.05) is 40.3 Å². The number of nitrogens with zero attached hydrogens (tertiary/aromatic N) is 3. The maximum absolute atomic E-state index is 12.1. The van der Waals surface area contributed by atoms with Crippen molar-refractivity contribution in [2.45, 2.75) is 52.1 Å². The van der Waals surface area contributed by atoms with Crippen molar-refractivity contribution >= 4 is 11.9 Å². The van der Waals surface area contributed by atoms with Gasteiger partial charge in [0.15, 0.2) is 5.96 Å². The van der Waals surface area contributed by atoms with Gasteiger partial charge in [-0.25, -0.2) is 0 Å². The Bertz CT molecular complexity index is 648. The van der Waals surface area contributed by atoms with Crippen LogP contribution >= 0.6 is 0 Å². The minimum Gasteiger partial charge on any atom is -0.357 e. The molecule has 0 aromatic heterocycles. The summed E-state index contributed by atoms with van der Waals surface area (Å²) in [5.41, 5.74) is 1.87. The molecular weight excluding hydrogens is 350 g/mol. The highest BCUT2D eigenvalue weighted by Gasteiger charge is 2.21. The Labute approximate surface area is 170 Å². The first kappa shape index (κ1) is 22.2. The van der Waals surface area contributed by atoms with Gasteiger partial charge in [0.05, 0.1) is 0 Å². The van der Waals surface area contributed by atoms with Gasteiger partial charge in [-0.3, -0.25) is 9.79 Å². The van der Waals surface area contributed by atoms with E-state index in [9.17, 15) is 4.79 Å². The van der Waals surface area contributed by atoms with E-state index in [4.69, 9.17) is 4.99 Å². The van der Waals surface area contributed by atoms with E-state index in [1.165, 1.54) is 0 Å². The van der Waals surface area contributed by atoms with Gasteiger partial charge < -0.3 is 20.4 Å². The van der Waals surface area contributed by atoms with E-state index in [2.05, 4.69) is 42.4 Å². The molecule has 0 spiro atoms. The van der Waals surface area contributed by atoms with Crippen LogP contribution in [0, 0.1) is 0 Å². The molecule has 2 rings (SSSR count). The number of piperidine rings is 1. The molecule has 0 radical (unpaired) electrons. The van der Waals surface area contributed by atoms with Gasteiger partial charge in [0.1, 0.15) is 0 Å². The molecule has 0 saturated carbocycles. The highest BCUT2D eigenvalue weighted by Crippen LogP contribution is 2.13. The number of guanidine groups is 1. The number of rotatable bonds is 7. The second-order valence-electron chi connectivity index (χ2n) is 7.96. The highest BCUT2D eigenvalue weighted by molar-refractivity contribution is 5.94. The fourth-order valence-corrected chi connectivity index (χ4v) is 3.49.